The van der Waals surface area contributed by atoms with Crippen LogP contribution < -0.4 is 5.73 Å². The number of hydrogen-bond donors (Lipinski definition) is 1. The molecule has 0 aromatic carbocycles. The molecule has 0 spiro atoms. The third-order valence-corrected chi connectivity index (χ3v) is 4.38. The Morgan fingerprint density at radius 1 is 1.50 bits per heavy atom. The summed E-state index contributed by atoms with van der Waals surface area (Å²) >= 11 is 1.88. The first kappa shape index (κ1) is 11.9. The van der Waals surface area contributed by atoms with Crippen molar-refractivity contribution in [2.24, 2.45) is 11.7 Å². The van der Waals surface area contributed by atoms with Crippen molar-refractivity contribution in [1.29, 1.82) is 0 Å². The summed E-state index contributed by atoms with van der Waals surface area (Å²) in [5.41, 5.74) is 7.05. The van der Waals surface area contributed by atoms with Crippen LogP contribution in [-0.4, -0.2) is 10.7 Å². The van der Waals surface area contributed by atoms with Gasteiger partial charge in [-0.25, -0.2) is 4.98 Å². The monoisotopic (exact) mass is 236 g/mol. The summed E-state index contributed by atoms with van der Waals surface area (Å²) in [6, 6.07) is 4.24. The molecule has 0 radical (unpaired) electrons. The molecule has 0 aliphatic heterocycles. The van der Waals surface area contributed by atoms with E-state index >= 15 is 0 Å². The number of thioether (sulfide) groups is 1. The van der Waals surface area contributed by atoms with Crippen LogP contribution in [0.15, 0.2) is 23.4 Å². The van der Waals surface area contributed by atoms with E-state index in [9.17, 15) is 0 Å². The zero-order valence-electron chi connectivity index (χ0n) is 9.86. The van der Waals surface area contributed by atoms with Crippen LogP contribution in [0.1, 0.15) is 44.2 Å². The van der Waals surface area contributed by atoms with Crippen molar-refractivity contribution >= 4 is 11.8 Å². The molecule has 2 N–H and O–H groups in total. The van der Waals surface area contributed by atoms with E-state index in [2.05, 4.69) is 11.1 Å². The van der Waals surface area contributed by atoms with Crippen LogP contribution >= 0.6 is 11.8 Å². The molecule has 0 unspecified atom stereocenters. The number of aromatic nitrogens is 1. The predicted molar refractivity (Wildman–Crippen MR) is 69.5 cm³/mol. The molecule has 1 aromatic rings. The maximum atomic E-state index is 5.86. The Labute approximate surface area is 102 Å². The molecular formula is C13H20N2S. The molecule has 0 bridgehead atoms. The normalized spacial score (nSPS) is 18.9. The van der Waals surface area contributed by atoms with Gasteiger partial charge in [0.25, 0.3) is 0 Å². The number of nitrogens with zero attached hydrogens (tertiary/aromatic N) is 1. The zero-order chi connectivity index (χ0) is 11.4. The van der Waals surface area contributed by atoms with Crippen LogP contribution in [0.3, 0.4) is 0 Å². The number of hydrogen-bond acceptors (Lipinski definition) is 3. The first-order chi connectivity index (χ1) is 7.75. The maximum absolute atomic E-state index is 5.86. The van der Waals surface area contributed by atoms with Gasteiger partial charge in [-0.1, -0.05) is 12.8 Å². The van der Waals surface area contributed by atoms with Gasteiger partial charge in [0.1, 0.15) is 0 Å². The molecule has 3 heteroatoms. The van der Waals surface area contributed by atoms with Gasteiger partial charge in [-0.3, -0.25) is 0 Å². The van der Waals surface area contributed by atoms with E-state index in [1.165, 1.54) is 37.0 Å². The lowest BCUT2D eigenvalue weighted by Crippen LogP contribution is -2.05. The molecule has 88 valence electrons. The molecule has 1 aliphatic rings. The molecule has 2 rings (SSSR count). The fraction of sp³-hybridized carbons (Fsp3) is 0.615. The van der Waals surface area contributed by atoms with Gasteiger partial charge < -0.3 is 5.73 Å². The van der Waals surface area contributed by atoms with Gasteiger partial charge >= 0.3 is 0 Å². The highest BCUT2D eigenvalue weighted by Gasteiger charge is 2.15. The van der Waals surface area contributed by atoms with Crippen LogP contribution in [-0.2, 0) is 0 Å². The molecular weight excluding hydrogens is 216 g/mol. The quantitative estimate of drug-likeness (QED) is 0.814. The third kappa shape index (κ3) is 3.22. The predicted octanol–water partition coefficient (Wildman–Crippen LogP) is 3.38. The van der Waals surface area contributed by atoms with Crippen molar-refractivity contribution in [2.45, 2.75) is 43.7 Å². The van der Waals surface area contributed by atoms with Crippen molar-refractivity contribution in [3.63, 3.8) is 0 Å². The van der Waals surface area contributed by atoms with Crippen molar-refractivity contribution in [3.8, 4) is 0 Å². The summed E-state index contributed by atoms with van der Waals surface area (Å²) in [5, 5.41) is 1.13. The van der Waals surface area contributed by atoms with Gasteiger partial charge in [0, 0.05) is 18.0 Å². The van der Waals surface area contributed by atoms with E-state index in [1.54, 1.807) is 0 Å². The van der Waals surface area contributed by atoms with Crippen molar-refractivity contribution in [2.75, 3.05) is 5.75 Å². The summed E-state index contributed by atoms with van der Waals surface area (Å²) in [4.78, 5) is 4.39. The van der Waals surface area contributed by atoms with Gasteiger partial charge in [0.15, 0.2) is 0 Å². The van der Waals surface area contributed by atoms with Gasteiger partial charge in [-0.05, 0) is 43.4 Å². The highest BCUT2D eigenvalue weighted by molar-refractivity contribution is 7.99. The summed E-state index contributed by atoms with van der Waals surface area (Å²) in [7, 11) is 0. The van der Waals surface area contributed by atoms with Crippen molar-refractivity contribution in [1.82, 2.24) is 4.98 Å². The summed E-state index contributed by atoms with van der Waals surface area (Å²) in [6.07, 6.45) is 7.51. The first-order valence-corrected chi connectivity index (χ1v) is 7.08. The third-order valence-electron chi connectivity index (χ3n) is 3.23. The van der Waals surface area contributed by atoms with E-state index in [-0.39, 0.29) is 6.04 Å². The Hall–Kier alpha value is -0.540. The summed E-state index contributed by atoms with van der Waals surface area (Å²) in [6.45, 7) is 2.01. The fourth-order valence-electron chi connectivity index (χ4n) is 2.17. The molecule has 1 aliphatic carbocycles. The molecule has 1 aromatic heterocycles. The average Bonchev–Trinajstić information content (AvgIpc) is 2.79. The lowest BCUT2D eigenvalue weighted by atomic mass is 10.1. The zero-order valence-corrected chi connectivity index (χ0v) is 10.7. The summed E-state index contributed by atoms with van der Waals surface area (Å²) < 4.78 is 0. The van der Waals surface area contributed by atoms with Crippen molar-refractivity contribution < 1.29 is 0 Å². The van der Waals surface area contributed by atoms with E-state index < -0.39 is 0 Å². The molecule has 1 heterocycles. The number of pyridine rings is 1. The van der Waals surface area contributed by atoms with Gasteiger partial charge in [-0.2, -0.15) is 0 Å². The van der Waals surface area contributed by atoms with Crippen LogP contribution in [0.5, 0.6) is 0 Å². The largest absolute Gasteiger partial charge is 0.324 e. The second-order valence-corrected chi connectivity index (χ2v) is 5.72. The van der Waals surface area contributed by atoms with Crippen LogP contribution in [0, 0.1) is 5.92 Å². The SMILES string of the molecule is C[C@H](N)c1ccnc(SCC2CCCC2)c1. The Morgan fingerprint density at radius 2 is 2.25 bits per heavy atom. The summed E-state index contributed by atoms with van der Waals surface area (Å²) in [5.74, 6) is 2.13. The highest BCUT2D eigenvalue weighted by atomic mass is 32.2. The minimum atomic E-state index is 0.105. The van der Waals surface area contributed by atoms with Gasteiger partial charge in [0.2, 0.25) is 0 Å². The van der Waals surface area contributed by atoms with Crippen LogP contribution in [0.25, 0.3) is 0 Å². The highest BCUT2D eigenvalue weighted by Crippen LogP contribution is 2.30. The Balaban J connectivity index is 1.90. The smallest absolute Gasteiger partial charge is 0.0963 e. The van der Waals surface area contributed by atoms with Gasteiger partial charge in [-0.15, -0.1) is 11.8 Å². The van der Waals surface area contributed by atoms with E-state index in [4.69, 9.17) is 5.73 Å². The standard InChI is InChI=1S/C13H20N2S/c1-10(14)12-6-7-15-13(8-12)16-9-11-4-2-3-5-11/h6-8,10-11H,2-5,9,14H2,1H3/t10-/m0/s1. The van der Waals surface area contributed by atoms with E-state index in [0.717, 1.165) is 10.9 Å². The molecule has 2 nitrogen and oxygen atoms in total. The van der Waals surface area contributed by atoms with Crippen LogP contribution in [0.4, 0.5) is 0 Å². The second-order valence-electron chi connectivity index (χ2n) is 4.68. The van der Waals surface area contributed by atoms with Crippen molar-refractivity contribution in [3.05, 3.63) is 23.9 Å². The topological polar surface area (TPSA) is 38.9 Å². The van der Waals surface area contributed by atoms with Crippen LogP contribution in [0.2, 0.25) is 0 Å². The van der Waals surface area contributed by atoms with E-state index in [1.807, 2.05) is 30.9 Å². The molecule has 1 atom stereocenters. The first-order valence-electron chi connectivity index (χ1n) is 6.10. The Morgan fingerprint density at radius 3 is 2.94 bits per heavy atom. The van der Waals surface area contributed by atoms with E-state index in [0.29, 0.717) is 0 Å². The molecule has 1 fully saturated rings. The number of rotatable bonds is 4. The maximum Gasteiger partial charge on any atom is 0.0963 e. The minimum absolute atomic E-state index is 0.105. The average molecular weight is 236 g/mol. The Kier molecular flexibility index (Phi) is 4.24. The van der Waals surface area contributed by atoms with Gasteiger partial charge in [0.05, 0.1) is 5.03 Å². The molecule has 16 heavy (non-hydrogen) atoms. The minimum Gasteiger partial charge on any atom is -0.324 e. The Bertz CT molecular complexity index is 332. The lowest BCUT2D eigenvalue weighted by Gasteiger charge is -2.09. The molecule has 1 saturated carbocycles. The molecule has 0 saturated heterocycles. The second kappa shape index (κ2) is 5.69. The fourth-order valence-corrected chi connectivity index (χ4v) is 3.26. The number of nitrogens with two attached hydrogens (primary N) is 1. The lowest BCUT2D eigenvalue weighted by molar-refractivity contribution is 0.623. The molecule has 0 amide bonds.